The number of carbonyl (C=O) groups is 2. The molecule has 0 bridgehead atoms. The second-order valence-corrected chi connectivity index (χ2v) is 8.73. The third-order valence-electron chi connectivity index (χ3n) is 6.19. The molecule has 9 heteroatoms. The van der Waals surface area contributed by atoms with Gasteiger partial charge in [0.25, 0.3) is 0 Å². The van der Waals surface area contributed by atoms with Gasteiger partial charge in [-0.3, -0.25) is 14.6 Å². The summed E-state index contributed by atoms with van der Waals surface area (Å²) in [5.74, 6) is -0.405. The molecule has 182 valence electrons. The average Bonchev–Trinajstić information content (AvgIpc) is 3.32. The minimum atomic E-state index is -0.519. The van der Waals surface area contributed by atoms with Crippen molar-refractivity contribution in [3.05, 3.63) is 71.2 Å². The molecule has 34 heavy (non-hydrogen) atoms. The Balaban J connectivity index is 1.68. The first kappa shape index (κ1) is 25.0. The fraction of sp³-hybridized carbons (Fsp3) is 0.440. The highest BCUT2D eigenvalue weighted by molar-refractivity contribution is 5.89. The molecule has 0 spiro atoms. The van der Waals surface area contributed by atoms with Gasteiger partial charge in [-0.05, 0) is 31.2 Å². The number of carbonyl (C=O) groups excluding carboxylic acids is 2. The maximum Gasteiger partial charge on any atom is 0.243 e. The highest BCUT2D eigenvalue weighted by atomic mass is 16.5. The van der Waals surface area contributed by atoms with E-state index in [0.717, 1.165) is 16.7 Å². The summed E-state index contributed by atoms with van der Waals surface area (Å²) in [5, 5.41) is 15.3. The van der Waals surface area contributed by atoms with Crippen molar-refractivity contribution >= 4 is 17.8 Å². The Morgan fingerprint density at radius 1 is 1.21 bits per heavy atom. The summed E-state index contributed by atoms with van der Waals surface area (Å²) >= 11 is 0. The summed E-state index contributed by atoms with van der Waals surface area (Å²) in [5.41, 5.74) is 12.2. The molecule has 1 aliphatic rings. The molecule has 0 radical (unpaired) electrons. The zero-order valence-electron chi connectivity index (χ0n) is 19.6. The van der Waals surface area contributed by atoms with E-state index in [9.17, 15) is 14.8 Å². The van der Waals surface area contributed by atoms with Crippen LogP contribution >= 0.6 is 0 Å². The minimum absolute atomic E-state index is 0.0286. The first-order valence-electron chi connectivity index (χ1n) is 11.7. The number of guanidine groups is 1. The van der Waals surface area contributed by atoms with Gasteiger partial charge in [0, 0.05) is 31.1 Å². The number of likely N-dealkylation sites (tertiary alicyclic amines) is 1. The maximum atomic E-state index is 13.3. The summed E-state index contributed by atoms with van der Waals surface area (Å²) in [6.45, 7) is 2.91. The lowest BCUT2D eigenvalue weighted by atomic mass is 10.00. The van der Waals surface area contributed by atoms with Crippen molar-refractivity contribution in [1.82, 2.24) is 10.2 Å². The number of hydrogen-bond acceptors (Lipinski definition) is 4. The quantitative estimate of drug-likeness (QED) is 0.160. The van der Waals surface area contributed by atoms with Gasteiger partial charge in [0.1, 0.15) is 6.04 Å². The van der Waals surface area contributed by atoms with Crippen LogP contribution in [0.4, 0.5) is 0 Å². The monoisotopic (exact) mass is 466 g/mol. The number of rotatable bonds is 10. The predicted octanol–water partition coefficient (Wildman–Crippen LogP) is 1.40. The van der Waals surface area contributed by atoms with Crippen LogP contribution in [0.3, 0.4) is 0 Å². The zero-order valence-corrected chi connectivity index (χ0v) is 19.6. The van der Waals surface area contributed by atoms with Crippen molar-refractivity contribution in [2.24, 2.45) is 22.4 Å². The predicted molar refractivity (Wildman–Crippen MR) is 130 cm³/mol. The Bertz CT molecular complexity index is 993. The average molecular weight is 467 g/mol. The molecule has 5 N–H and O–H groups in total. The van der Waals surface area contributed by atoms with E-state index in [1.54, 1.807) is 23.1 Å². The molecule has 0 saturated carbocycles. The lowest BCUT2D eigenvalue weighted by Crippen LogP contribution is -2.49. The Labute approximate surface area is 200 Å². The Hall–Kier alpha value is -3.62. The van der Waals surface area contributed by atoms with Gasteiger partial charge in [0.05, 0.1) is 12.5 Å². The minimum Gasteiger partial charge on any atom is -0.619 e. The lowest BCUT2D eigenvalue weighted by molar-refractivity contribution is -0.614. The third kappa shape index (κ3) is 6.69. The fourth-order valence-corrected chi connectivity index (χ4v) is 4.35. The number of nitrogens with one attached hydrogen (secondary N) is 1. The molecule has 3 rings (SSSR count). The first-order chi connectivity index (χ1) is 16.4. The molecular weight excluding hydrogens is 432 g/mol. The van der Waals surface area contributed by atoms with Crippen molar-refractivity contribution in [2.75, 3.05) is 13.1 Å². The number of aromatic nitrogens is 1. The van der Waals surface area contributed by atoms with E-state index in [-0.39, 0.29) is 29.7 Å². The summed E-state index contributed by atoms with van der Waals surface area (Å²) in [6.07, 6.45) is 4.53. The molecule has 0 aliphatic carbocycles. The van der Waals surface area contributed by atoms with E-state index in [1.807, 2.05) is 37.3 Å². The fourth-order valence-electron chi connectivity index (χ4n) is 4.35. The molecule has 1 aliphatic heterocycles. The molecule has 1 aromatic carbocycles. The van der Waals surface area contributed by atoms with Crippen LogP contribution < -0.4 is 21.5 Å². The van der Waals surface area contributed by atoms with Crippen molar-refractivity contribution in [2.45, 2.75) is 51.1 Å². The van der Waals surface area contributed by atoms with E-state index in [4.69, 9.17) is 11.5 Å². The topological polar surface area (TPSA) is 141 Å². The SMILES string of the molecule is CC(CCCN=C(N)N)C(=O)N1CCC[C@H]1C(=O)N[C@@H](Cc1cccc[n+]1[O-])c1ccccc1. The molecule has 3 atom stereocenters. The van der Waals surface area contributed by atoms with Crippen molar-refractivity contribution in [3.63, 3.8) is 0 Å². The highest BCUT2D eigenvalue weighted by Crippen LogP contribution is 2.24. The summed E-state index contributed by atoms with van der Waals surface area (Å²) in [6, 6.07) is 13.9. The number of benzene rings is 1. The summed E-state index contributed by atoms with van der Waals surface area (Å²) in [4.78, 5) is 32.1. The number of aliphatic imine (C=N–C) groups is 1. The van der Waals surface area contributed by atoms with Crippen LogP contribution in [0.15, 0.2) is 59.7 Å². The molecule has 2 amide bonds. The summed E-state index contributed by atoms with van der Waals surface area (Å²) < 4.78 is 0.817. The van der Waals surface area contributed by atoms with Gasteiger partial charge in [-0.2, -0.15) is 4.73 Å². The number of amides is 2. The van der Waals surface area contributed by atoms with Gasteiger partial charge in [-0.25, -0.2) is 0 Å². The van der Waals surface area contributed by atoms with Gasteiger partial charge in [-0.1, -0.05) is 43.3 Å². The largest absolute Gasteiger partial charge is 0.619 e. The van der Waals surface area contributed by atoms with Gasteiger partial charge >= 0.3 is 0 Å². The Morgan fingerprint density at radius 3 is 2.65 bits per heavy atom. The third-order valence-corrected chi connectivity index (χ3v) is 6.19. The van der Waals surface area contributed by atoms with Crippen molar-refractivity contribution in [3.8, 4) is 0 Å². The zero-order chi connectivity index (χ0) is 24.5. The number of nitrogens with two attached hydrogens (primary N) is 2. The molecule has 1 unspecified atom stereocenters. The van der Waals surface area contributed by atoms with Crippen LogP contribution in [-0.2, 0) is 16.0 Å². The van der Waals surface area contributed by atoms with Gasteiger partial charge in [0.15, 0.2) is 17.9 Å². The van der Waals surface area contributed by atoms with E-state index >= 15 is 0 Å². The first-order valence-corrected chi connectivity index (χ1v) is 11.7. The van der Waals surface area contributed by atoms with E-state index in [1.165, 1.54) is 6.20 Å². The van der Waals surface area contributed by atoms with Gasteiger partial charge < -0.3 is 26.9 Å². The van der Waals surface area contributed by atoms with Crippen LogP contribution in [0, 0.1) is 11.1 Å². The molecule has 1 fully saturated rings. The molecular formula is C25H34N6O3. The van der Waals surface area contributed by atoms with Gasteiger partial charge in [0.2, 0.25) is 11.8 Å². The number of pyridine rings is 1. The normalized spacial score (nSPS) is 17.1. The second-order valence-electron chi connectivity index (χ2n) is 8.73. The Kier molecular flexibility index (Phi) is 8.84. The molecule has 1 saturated heterocycles. The lowest BCUT2D eigenvalue weighted by Gasteiger charge is -2.28. The maximum absolute atomic E-state index is 13.3. The number of nitrogens with zero attached hydrogens (tertiary/aromatic N) is 3. The van der Waals surface area contributed by atoms with E-state index in [0.29, 0.717) is 44.5 Å². The van der Waals surface area contributed by atoms with Crippen LogP contribution in [0.25, 0.3) is 0 Å². The van der Waals surface area contributed by atoms with Crippen LogP contribution in [0.2, 0.25) is 0 Å². The van der Waals surface area contributed by atoms with Crippen molar-refractivity contribution < 1.29 is 14.3 Å². The molecule has 2 heterocycles. The molecule has 9 nitrogen and oxygen atoms in total. The second kappa shape index (κ2) is 12.0. The standard InChI is InChI=1S/C25H34N6O3/c1-18(9-7-14-28-25(26)27)24(33)30-15-8-13-22(30)23(32)29-21(19-10-3-2-4-11-19)17-20-12-5-6-16-31(20)34/h2-6,10-12,16,18,21-22H,7-9,13-15,17H2,1H3,(H,29,32)(H4,26,27,28)/t18?,21-,22-/m0/s1. The summed E-state index contributed by atoms with van der Waals surface area (Å²) in [7, 11) is 0. The highest BCUT2D eigenvalue weighted by Gasteiger charge is 2.36. The van der Waals surface area contributed by atoms with Crippen molar-refractivity contribution in [1.29, 1.82) is 0 Å². The van der Waals surface area contributed by atoms with Crippen LogP contribution in [-0.4, -0.2) is 41.8 Å². The molecule has 2 aromatic rings. The van der Waals surface area contributed by atoms with Crippen LogP contribution in [0.1, 0.15) is 49.9 Å². The molecule has 1 aromatic heterocycles. The van der Waals surface area contributed by atoms with E-state index in [2.05, 4.69) is 10.3 Å². The smallest absolute Gasteiger partial charge is 0.243 e. The Morgan fingerprint density at radius 2 is 1.94 bits per heavy atom. The van der Waals surface area contributed by atoms with E-state index < -0.39 is 6.04 Å². The van der Waals surface area contributed by atoms with Crippen LogP contribution in [0.5, 0.6) is 0 Å². The van der Waals surface area contributed by atoms with Gasteiger partial charge in [-0.15, -0.1) is 0 Å². The number of hydrogen-bond donors (Lipinski definition) is 3.